The SMILES string of the molecule is CCN(CC(=O)Nc1ccc(C)c(C)c1)C1CCNC1. The molecule has 1 aromatic rings. The van der Waals surface area contributed by atoms with Crippen LogP contribution in [0.2, 0.25) is 0 Å². The summed E-state index contributed by atoms with van der Waals surface area (Å²) in [5.41, 5.74) is 3.34. The summed E-state index contributed by atoms with van der Waals surface area (Å²) >= 11 is 0. The van der Waals surface area contributed by atoms with Crippen molar-refractivity contribution in [3.8, 4) is 0 Å². The van der Waals surface area contributed by atoms with E-state index in [0.29, 0.717) is 12.6 Å². The van der Waals surface area contributed by atoms with Crippen molar-refractivity contribution in [1.29, 1.82) is 0 Å². The van der Waals surface area contributed by atoms with Gasteiger partial charge in [-0.3, -0.25) is 9.69 Å². The largest absolute Gasteiger partial charge is 0.325 e. The van der Waals surface area contributed by atoms with Crippen LogP contribution in [0.3, 0.4) is 0 Å². The monoisotopic (exact) mass is 275 g/mol. The van der Waals surface area contributed by atoms with Crippen molar-refractivity contribution >= 4 is 11.6 Å². The minimum atomic E-state index is 0.0713. The lowest BCUT2D eigenvalue weighted by Gasteiger charge is -2.26. The molecule has 110 valence electrons. The van der Waals surface area contributed by atoms with E-state index in [2.05, 4.69) is 36.3 Å². The fraction of sp³-hybridized carbons (Fsp3) is 0.562. The van der Waals surface area contributed by atoms with Gasteiger partial charge in [-0.1, -0.05) is 13.0 Å². The second-order valence-corrected chi connectivity index (χ2v) is 5.56. The van der Waals surface area contributed by atoms with Crippen LogP contribution in [0.1, 0.15) is 24.5 Å². The number of carbonyl (C=O) groups excluding carboxylic acids is 1. The van der Waals surface area contributed by atoms with Crippen LogP contribution < -0.4 is 10.6 Å². The Morgan fingerprint density at radius 1 is 1.40 bits per heavy atom. The highest BCUT2D eigenvalue weighted by molar-refractivity contribution is 5.92. The van der Waals surface area contributed by atoms with Crippen molar-refractivity contribution in [3.63, 3.8) is 0 Å². The van der Waals surface area contributed by atoms with Gasteiger partial charge in [0.05, 0.1) is 6.54 Å². The Kier molecular flexibility index (Phi) is 5.15. The molecule has 1 atom stereocenters. The van der Waals surface area contributed by atoms with Crippen LogP contribution in [-0.2, 0) is 4.79 Å². The van der Waals surface area contributed by atoms with Crippen molar-refractivity contribution in [2.45, 2.75) is 33.2 Å². The number of hydrogen-bond donors (Lipinski definition) is 2. The maximum atomic E-state index is 12.2. The van der Waals surface area contributed by atoms with Crippen LogP contribution in [0.15, 0.2) is 18.2 Å². The first-order valence-electron chi connectivity index (χ1n) is 7.42. The Morgan fingerprint density at radius 3 is 2.80 bits per heavy atom. The molecule has 2 N–H and O–H groups in total. The first kappa shape index (κ1) is 15.0. The number of nitrogens with one attached hydrogen (secondary N) is 2. The van der Waals surface area contributed by atoms with E-state index >= 15 is 0 Å². The third-order valence-electron chi connectivity index (χ3n) is 4.09. The first-order valence-corrected chi connectivity index (χ1v) is 7.42. The second-order valence-electron chi connectivity index (χ2n) is 5.56. The molecule has 2 rings (SSSR count). The van der Waals surface area contributed by atoms with E-state index in [9.17, 15) is 4.79 Å². The Labute approximate surface area is 121 Å². The summed E-state index contributed by atoms with van der Waals surface area (Å²) in [7, 11) is 0. The van der Waals surface area contributed by atoms with Gasteiger partial charge < -0.3 is 10.6 Å². The number of amides is 1. The number of nitrogens with zero attached hydrogens (tertiary/aromatic N) is 1. The van der Waals surface area contributed by atoms with E-state index in [1.54, 1.807) is 0 Å². The molecule has 0 spiro atoms. The summed E-state index contributed by atoms with van der Waals surface area (Å²) in [6.45, 7) is 9.68. The minimum absolute atomic E-state index is 0.0713. The molecule has 1 aliphatic rings. The van der Waals surface area contributed by atoms with Crippen molar-refractivity contribution in [2.24, 2.45) is 0 Å². The molecular weight excluding hydrogens is 250 g/mol. The summed E-state index contributed by atoms with van der Waals surface area (Å²) in [6, 6.07) is 6.53. The normalized spacial score (nSPS) is 18.5. The van der Waals surface area contributed by atoms with Gasteiger partial charge in [0, 0.05) is 18.3 Å². The van der Waals surface area contributed by atoms with E-state index in [0.717, 1.165) is 31.7 Å². The van der Waals surface area contributed by atoms with Gasteiger partial charge in [0.15, 0.2) is 0 Å². The fourth-order valence-electron chi connectivity index (χ4n) is 2.65. The molecule has 1 aromatic carbocycles. The van der Waals surface area contributed by atoms with Gasteiger partial charge >= 0.3 is 0 Å². The average molecular weight is 275 g/mol. The third kappa shape index (κ3) is 3.81. The van der Waals surface area contributed by atoms with Crippen LogP contribution in [0.5, 0.6) is 0 Å². The second kappa shape index (κ2) is 6.86. The molecule has 0 aromatic heterocycles. The minimum Gasteiger partial charge on any atom is -0.325 e. The Bertz CT molecular complexity index is 467. The lowest BCUT2D eigenvalue weighted by atomic mass is 10.1. The number of likely N-dealkylation sites (N-methyl/N-ethyl adjacent to an activating group) is 1. The number of hydrogen-bond acceptors (Lipinski definition) is 3. The highest BCUT2D eigenvalue weighted by atomic mass is 16.2. The Balaban J connectivity index is 1.91. The zero-order valence-electron chi connectivity index (χ0n) is 12.7. The highest BCUT2D eigenvalue weighted by Crippen LogP contribution is 2.14. The molecule has 0 saturated carbocycles. The molecular formula is C16H25N3O. The number of benzene rings is 1. The van der Waals surface area contributed by atoms with Crippen LogP contribution in [-0.4, -0.2) is 43.0 Å². The quantitative estimate of drug-likeness (QED) is 0.863. The van der Waals surface area contributed by atoms with Crippen LogP contribution >= 0.6 is 0 Å². The molecule has 1 amide bonds. The predicted molar refractivity (Wildman–Crippen MR) is 83.1 cm³/mol. The van der Waals surface area contributed by atoms with E-state index in [1.807, 2.05) is 18.2 Å². The predicted octanol–water partition coefficient (Wildman–Crippen LogP) is 1.93. The topological polar surface area (TPSA) is 44.4 Å². The van der Waals surface area contributed by atoms with Gasteiger partial charge in [-0.25, -0.2) is 0 Å². The molecule has 1 aliphatic heterocycles. The van der Waals surface area contributed by atoms with Gasteiger partial charge in [0.2, 0.25) is 5.91 Å². The summed E-state index contributed by atoms with van der Waals surface area (Å²) < 4.78 is 0. The molecule has 1 saturated heterocycles. The molecule has 20 heavy (non-hydrogen) atoms. The van der Waals surface area contributed by atoms with E-state index < -0.39 is 0 Å². The number of anilines is 1. The molecule has 0 radical (unpaired) electrons. The average Bonchev–Trinajstić information content (AvgIpc) is 2.94. The van der Waals surface area contributed by atoms with Crippen LogP contribution in [0.25, 0.3) is 0 Å². The lowest BCUT2D eigenvalue weighted by Crippen LogP contribution is -2.41. The Morgan fingerprint density at radius 2 is 2.20 bits per heavy atom. The van der Waals surface area contributed by atoms with Crippen LogP contribution in [0, 0.1) is 13.8 Å². The zero-order valence-corrected chi connectivity index (χ0v) is 12.7. The maximum absolute atomic E-state index is 12.2. The summed E-state index contributed by atoms with van der Waals surface area (Å²) in [5.74, 6) is 0.0713. The van der Waals surface area contributed by atoms with Gasteiger partial charge in [-0.05, 0) is 56.6 Å². The van der Waals surface area contributed by atoms with Crippen LogP contribution in [0.4, 0.5) is 5.69 Å². The Hall–Kier alpha value is -1.39. The van der Waals surface area contributed by atoms with Crippen molar-refractivity contribution in [1.82, 2.24) is 10.2 Å². The molecule has 0 bridgehead atoms. The third-order valence-corrected chi connectivity index (χ3v) is 4.09. The van der Waals surface area contributed by atoms with E-state index in [4.69, 9.17) is 0 Å². The van der Waals surface area contributed by atoms with Crippen molar-refractivity contribution < 1.29 is 4.79 Å². The molecule has 0 aliphatic carbocycles. The van der Waals surface area contributed by atoms with Gasteiger partial charge in [-0.2, -0.15) is 0 Å². The molecule has 1 heterocycles. The number of carbonyl (C=O) groups is 1. The number of rotatable bonds is 5. The van der Waals surface area contributed by atoms with Crippen molar-refractivity contribution in [2.75, 3.05) is 31.5 Å². The lowest BCUT2D eigenvalue weighted by molar-refractivity contribution is -0.117. The van der Waals surface area contributed by atoms with Gasteiger partial charge in [-0.15, -0.1) is 0 Å². The van der Waals surface area contributed by atoms with E-state index in [-0.39, 0.29) is 5.91 Å². The first-order chi connectivity index (χ1) is 9.60. The fourth-order valence-corrected chi connectivity index (χ4v) is 2.65. The summed E-state index contributed by atoms with van der Waals surface area (Å²) in [6.07, 6.45) is 1.13. The standard InChI is InChI=1S/C16H25N3O/c1-4-19(15-7-8-17-10-15)11-16(20)18-14-6-5-12(2)13(3)9-14/h5-6,9,15,17H,4,7-8,10-11H2,1-3H3,(H,18,20). The summed E-state index contributed by atoms with van der Waals surface area (Å²) in [5, 5.41) is 6.35. The molecule has 1 unspecified atom stereocenters. The van der Waals surface area contributed by atoms with Crippen molar-refractivity contribution in [3.05, 3.63) is 29.3 Å². The van der Waals surface area contributed by atoms with Gasteiger partial charge in [0.25, 0.3) is 0 Å². The van der Waals surface area contributed by atoms with Gasteiger partial charge in [0.1, 0.15) is 0 Å². The maximum Gasteiger partial charge on any atom is 0.238 e. The highest BCUT2D eigenvalue weighted by Gasteiger charge is 2.22. The zero-order chi connectivity index (χ0) is 14.5. The summed E-state index contributed by atoms with van der Waals surface area (Å²) in [4.78, 5) is 14.4. The smallest absolute Gasteiger partial charge is 0.238 e. The molecule has 1 fully saturated rings. The molecule has 4 heteroatoms. The molecule has 4 nitrogen and oxygen atoms in total. The van der Waals surface area contributed by atoms with E-state index in [1.165, 1.54) is 11.1 Å². The number of aryl methyl sites for hydroxylation is 2.